The van der Waals surface area contributed by atoms with Gasteiger partial charge in [0.1, 0.15) is 5.41 Å². The Balaban J connectivity index is 1.54. The van der Waals surface area contributed by atoms with Crippen molar-refractivity contribution in [3.63, 3.8) is 0 Å². The van der Waals surface area contributed by atoms with Crippen LogP contribution >= 0.6 is 35.4 Å². The second kappa shape index (κ2) is 9.00. The van der Waals surface area contributed by atoms with Crippen LogP contribution in [0, 0.1) is 11.3 Å². The molecule has 10 heteroatoms. The summed E-state index contributed by atoms with van der Waals surface area (Å²) in [7, 11) is 3.20. The highest BCUT2D eigenvalue weighted by molar-refractivity contribution is 7.80. The summed E-state index contributed by atoms with van der Waals surface area (Å²) in [5.41, 5.74) is 0.173. The minimum Gasteiger partial charge on any atom is -0.312 e. The molecule has 0 radical (unpaired) electrons. The van der Waals surface area contributed by atoms with Crippen LogP contribution in [0.4, 0.5) is 0 Å². The molecule has 3 aliphatic rings. The van der Waals surface area contributed by atoms with Crippen LogP contribution in [0.5, 0.6) is 0 Å². The highest BCUT2D eigenvalue weighted by atomic mass is 35.5. The summed E-state index contributed by atoms with van der Waals surface area (Å²) in [4.78, 5) is 45.0. The van der Waals surface area contributed by atoms with E-state index in [1.807, 2.05) is 10.6 Å². The number of carbonyl (C=O) groups excluding carboxylic acids is 2. The van der Waals surface area contributed by atoms with E-state index in [9.17, 15) is 14.4 Å². The van der Waals surface area contributed by atoms with Gasteiger partial charge in [0.15, 0.2) is 5.11 Å². The number of hydrogen-bond donors (Lipinski definition) is 0. The largest absolute Gasteiger partial charge is 0.312 e. The Kier molecular flexibility index (Phi) is 6.28. The molecular weight excluding hydrogens is 507 g/mol. The lowest BCUT2D eigenvalue weighted by molar-refractivity contribution is -0.157. The molecule has 2 saturated heterocycles. The van der Waals surface area contributed by atoms with E-state index in [4.69, 9.17) is 35.4 Å². The van der Waals surface area contributed by atoms with E-state index in [-0.39, 0.29) is 47.3 Å². The van der Waals surface area contributed by atoms with Crippen molar-refractivity contribution in [3.8, 4) is 0 Å². The fraction of sp³-hybridized carbons (Fsp3) is 0.440. The number of amides is 2. The number of halogens is 2. The number of hydrogen-bond acceptors (Lipinski definition) is 5. The lowest BCUT2D eigenvalue weighted by atomic mass is 9.75. The smallest absolute Gasteiger partial charge is 0.250 e. The molecule has 3 aliphatic heterocycles. The summed E-state index contributed by atoms with van der Waals surface area (Å²) in [5, 5.41) is 1.00. The van der Waals surface area contributed by atoms with E-state index in [2.05, 4.69) is 4.90 Å². The van der Waals surface area contributed by atoms with Crippen molar-refractivity contribution in [2.75, 3.05) is 33.7 Å². The highest BCUT2D eigenvalue weighted by Gasteiger charge is 2.56. The van der Waals surface area contributed by atoms with Crippen LogP contribution in [0.3, 0.4) is 0 Å². The average molecular weight is 533 g/mol. The fourth-order valence-electron chi connectivity index (χ4n) is 5.98. The van der Waals surface area contributed by atoms with E-state index in [1.165, 1.54) is 9.80 Å². The highest BCUT2D eigenvalue weighted by Crippen LogP contribution is 2.41. The van der Waals surface area contributed by atoms with Crippen LogP contribution in [0.25, 0.3) is 0 Å². The van der Waals surface area contributed by atoms with Crippen molar-refractivity contribution in [3.05, 3.63) is 68.1 Å². The van der Waals surface area contributed by atoms with Crippen molar-refractivity contribution in [1.82, 2.24) is 19.3 Å². The first-order chi connectivity index (χ1) is 16.6. The zero-order chi connectivity index (χ0) is 25.1. The predicted octanol–water partition coefficient (Wildman–Crippen LogP) is 3.02. The molecule has 0 spiro atoms. The first-order valence-electron chi connectivity index (χ1n) is 11.6. The minimum absolute atomic E-state index is 0.0184. The summed E-state index contributed by atoms with van der Waals surface area (Å²) >= 11 is 18.3. The third-order valence-corrected chi connectivity index (χ3v) is 8.85. The van der Waals surface area contributed by atoms with Crippen molar-refractivity contribution < 1.29 is 9.59 Å². The number of carbonyl (C=O) groups is 2. The number of thiocarbonyl (C=S) groups is 1. The molecule has 184 valence electrons. The Morgan fingerprint density at radius 3 is 2.23 bits per heavy atom. The van der Waals surface area contributed by atoms with Crippen LogP contribution < -0.4 is 5.56 Å². The number of aromatic nitrogens is 1. The predicted molar refractivity (Wildman–Crippen MR) is 139 cm³/mol. The van der Waals surface area contributed by atoms with Crippen molar-refractivity contribution in [2.45, 2.75) is 25.3 Å². The maximum Gasteiger partial charge on any atom is 0.250 e. The normalized spacial score (nSPS) is 24.1. The molecule has 1 aromatic carbocycles. The minimum atomic E-state index is -1.43. The summed E-state index contributed by atoms with van der Waals surface area (Å²) in [6.07, 6.45) is 1.05. The molecule has 35 heavy (non-hydrogen) atoms. The molecule has 5 rings (SSSR count). The molecule has 1 aromatic heterocycles. The SMILES string of the molecule is CN1C(=O)C(Cc2c(Cl)cccc2Cl)(CN2C[C@H]3C[C@@H](C2)c2cccc(=O)n2C3)C(=O)N(C)C1=S. The monoisotopic (exact) mass is 532 g/mol. The summed E-state index contributed by atoms with van der Waals surface area (Å²) in [6.45, 7) is 2.19. The van der Waals surface area contributed by atoms with E-state index < -0.39 is 5.41 Å². The van der Waals surface area contributed by atoms with Gasteiger partial charge in [0.2, 0.25) is 11.8 Å². The lowest BCUT2D eigenvalue weighted by Crippen LogP contribution is -2.67. The zero-order valence-corrected chi connectivity index (χ0v) is 21.9. The van der Waals surface area contributed by atoms with Crippen LogP contribution in [-0.4, -0.2) is 69.9 Å². The van der Waals surface area contributed by atoms with Crippen molar-refractivity contribution in [2.24, 2.45) is 11.3 Å². The van der Waals surface area contributed by atoms with Crippen LogP contribution in [0.15, 0.2) is 41.2 Å². The number of fused-ring (bicyclic) bond motifs is 4. The second-order valence-electron chi connectivity index (χ2n) is 9.86. The summed E-state index contributed by atoms with van der Waals surface area (Å²) in [5.74, 6) is -0.293. The Hall–Kier alpha value is -2.26. The van der Waals surface area contributed by atoms with E-state index in [0.29, 0.717) is 35.2 Å². The Bertz CT molecular complexity index is 1250. The quantitative estimate of drug-likeness (QED) is 0.447. The standard InChI is InChI=1S/C25H26Cl2N4O3S/c1-28-22(33)25(23(34)29(2)24(28)35,10-17-18(26)5-3-6-19(17)27)14-30-11-15-9-16(13-30)20-7-4-8-21(32)31(20)12-15/h3-8,15-16H,9-14H2,1-2H3/t15-,16+/m1/s1. The molecule has 0 unspecified atom stereocenters. The maximum atomic E-state index is 13.8. The maximum absolute atomic E-state index is 13.8. The average Bonchev–Trinajstić information content (AvgIpc) is 2.83. The van der Waals surface area contributed by atoms with Gasteiger partial charge < -0.3 is 9.47 Å². The van der Waals surface area contributed by atoms with Crippen LogP contribution in [0.1, 0.15) is 23.6 Å². The molecule has 0 saturated carbocycles. The Labute approximate surface area is 219 Å². The molecule has 2 atom stereocenters. The fourth-order valence-corrected chi connectivity index (χ4v) is 6.68. The number of piperidine rings is 1. The van der Waals surface area contributed by atoms with E-state index in [0.717, 1.165) is 12.1 Å². The number of nitrogens with zero attached hydrogens (tertiary/aromatic N) is 4. The number of benzene rings is 1. The van der Waals surface area contributed by atoms with Gasteiger partial charge in [-0.25, -0.2) is 0 Å². The molecule has 0 N–H and O–H groups in total. The van der Waals surface area contributed by atoms with Gasteiger partial charge in [-0.3, -0.25) is 24.2 Å². The lowest BCUT2D eigenvalue weighted by Gasteiger charge is -2.48. The van der Waals surface area contributed by atoms with Gasteiger partial charge >= 0.3 is 0 Å². The molecular formula is C25H26Cl2N4O3S. The van der Waals surface area contributed by atoms with Crippen LogP contribution in [-0.2, 0) is 22.6 Å². The molecule has 2 aromatic rings. The van der Waals surface area contributed by atoms with E-state index >= 15 is 0 Å². The Morgan fingerprint density at radius 2 is 1.57 bits per heavy atom. The summed E-state index contributed by atoms with van der Waals surface area (Å²) in [6, 6.07) is 10.6. The van der Waals surface area contributed by atoms with Gasteiger partial charge in [0, 0.05) is 68.0 Å². The van der Waals surface area contributed by atoms with Gasteiger partial charge in [-0.05, 0) is 54.7 Å². The third kappa shape index (κ3) is 4.00. The Morgan fingerprint density at radius 1 is 0.943 bits per heavy atom. The first-order valence-corrected chi connectivity index (χ1v) is 12.7. The van der Waals surface area contributed by atoms with Gasteiger partial charge in [0.05, 0.1) is 0 Å². The zero-order valence-electron chi connectivity index (χ0n) is 19.5. The van der Waals surface area contributed by atoms with Crippen molar-refractivity contribution >= 4 is 52.3 Å². The molecule has 2 fully saturated rings. The topological polar surface area (TPSA) is 65.9 Å². The van der Waals surface area contributed by atoms with Crippen molar-refractivity contribution in [1.29, 1.82) is 0 Å². The molecule has 2 amide bonds. The number of likely N-dealkylation sites (tertiary alicyclic amines) is 1. The van der Waals surface area contributed by atoms with Crippen LogP contribution in [0.2, 0.25) is 10.0 Å². The molecule has 2 bridgehead atoms. The van der Waals surface area contributed by atoms with E-state index in [1.54, 1.807) is 44.4 Å². The molecule has 7 nitrogen and oxygen atoms in total. The molecule has 4 heterocycles. The van der Waals surface area contributed by atoms with Gasteiger partial charge in [0.25, 0.3) is 5.56 Å². The third-order valence-electron chi connectivity index (χ3n) is 7.59. The summed E-state index contributed by atoms with van der Waals surface area (Å²) < 4.78 is 1.87. The number of rotatable bonds is 4. The first kappa shape index (κ1) is 24.4. The van der Waals surface area contributed by atoms with Gasteiger partial charge in [-0.1, -0.05) is 35.3 Å². The molecule has 0 aliphatic carbocycles. The van der Waals surface area contributed by atoms with Gasteiger partial charge in [-0.2, -0.15) is 0 Å². The van der Waals surface area contributed by atoms with Gasteiger partial charge in [-0.15, -0.1) is 0 Å². The number of pyridine rings is 1. The second-order valence-corrected chi connectivity index (χ2v) is 11.0.